The Morgan fingerprint density at radius 1 is 1.19 bits per heavy atom. The van der Waals surface area contributed by atoms with Crippen molar-refractivity contribution in [1.82, 2.24) is 20.5 Å². The van der Waals surface area contributed by atoms with Gasteiger partial charge in [0.2, 0.25) is 5.91 Å². The topological polar surface area (TPSA) is 74.3 Å². The zero-order valence-corrected chi connectivity index (χ0v) is 19.8. The number of amides is 3. The zero-order chi connectivity index (χ0) is 22.4. The molecule has 1 fully saturated rings. The monoisotopic (exact) mass is 442 g/mol. The highest BCUT2D eigenvalue weighted by Crippen LogP contribution is 2.26. The number of thiazole rings is 1. The summed E-state index contributed by atoms with van der Waals surface area (Å²) >= 11 is 1.63. The van der Waals surface area contributed by atoms with Crippen molar-refractivity contribution in [3.8, 4) is 0 Å². The molecule has 1 atom stereocenters. The molecule has 0 bridgehead atoms. The number of carbonyl (C=O) groups is 2. The lowest BCUT2D eigenvalue weighted by molar-refractivity contribution is -0.134. The van der Waals surface area contributed by atoms with Gasteiger partial charge in [0.05, 0.1) is 23.2 Å². The number of benzene rings is 1. The lowest BCUT2D eigenvalue weighted by Crippen LogP contribution is -2.49. The SMILES string of the molecule is CCC(C(=O)N1CCC(NC(=O)NCc2csc(C(C)(C)C)n2)CC1)c1ccccc1. The van der Waals surface area contributed by atoms with Crippen LogP contribution in [0.4, 0.5) is 4.79 Å². The first-order valence-electron chi connectivity index (χ1n) is 11.1. The van der Waals surface area contributed by atoms with Crippen LogP contribution in [0, 0.1) is 0 Å². The van der Waals surface area contributed by atoms with Gasteiger partial charge in [0.25, 0.3) is 0 Å². The molecule has 1 aromatic carbocycles. The number of carbonyl (C=O) groups excluding carboxylic acids is 2. The molecule has 1 aliphatic heterocycles. The van der Waals surface area contributed by atoms with Crippen LogP contribution in [0.5, 0.6) is 0 Å². The van der Waals surface area contributed by atoms with Crippen LogP contribution >= 0.6 is 11.3 Å². The second-order valence-electron chi connectivity index (χ2n) is 9.19. The molecule has 1 unspecified atom stereocenters. The molecular formula is C24H34N4O2S. The van der Waals surface area contributed by atoms with Crippen LogP contribution in [-0.4, -0.2) is 41.0 Å². The van der Waals surface area contributed by atoms with Crippen molar-refractivity contribution in [2.45, 2.75) is 70.9 Å². The fourth-order valence-corrected chi connectivity index (χ4v) is 4.75. The summed E-state index contributed by atoms with van der Waals surface area (Å²) < 4.78 is 0. The second kappa shape index (κ2) is 10.3. The third kappa shape index (κ3) is 6.29. The number of urea groups is 1. The molecule has 6 nitrogen and oxygen atoms in total. The van der Waals surface area contributed by atoms with Crippen LogP contribution in [0.3, 0.4) is 0 Å². The van der Waals surface area contributed by atoms with E-state index in [0.29, 0.717) is 19.6 Å². The highest BCUT2D eigenvalue weighted by atomic mass is 32.1. The van der Waals surface area contributed by atoms with Crippen LogP contribution < -0.4 is 10.6 Å². The molecule has 2 heterocycles. The molecule has 0 radical (unpaired) electrons. The fraction of sp³-hybridized carbons (Fsp3) is 0.542. The molecule has 1 saturated heterocycles. The quantitative estimate of drug-likeness (QED) is 0.695. The number of hydrogen-bond acceptors (Lipinski definition) is 4. The maximum atomic E-state index is 13.0. The minimum Gasteiger partial charge on any atom is -0.342 e. The Balaban J connectivity index is 1.43. The molecule has 2 aromatic rings. The van der Waals surface area contributed by atoms with Crippen molar-refractivity contribution in [1.29, 1.82) is 0 Å². The average Bonchev–Trinajstić information content (AvgIpc) is 3.24. The predicted octanol–water partition coefficient (Wildman–Crippen LogP) is 4.42. The summed E-state index contributed by atoms with van der Waals surface area (Å²) in [5.41, 5.74) is 1.98. The van der Waals surface area contributed by atoms with Gasteiger partial charge in [-0.25, -0.2) is 9.78 Å². The van der Waals surface area contributed by atoms with E-state index in [0.717, 1.165) is 35.5 Å². The number of nitrogens with one attached hydrogen (secondary N) is 2. The van der Waals surface area contributed by atoms with Crippen LogP contribution in [0.2, 0.25) is 0 Å². The zero-order valence-electron chi connectivity index (χ0n) is 19.0. The van der Waals surface area contributed by atoms with Crippen molar-refractivity contribution in [2.24, 2.45) is 0 Å². The maximum Gasteiger partial charge on any atom is 0.315 e. The predicted molar refractivity (Wildman–Crippen MR) is 125 cm³/mol. The van der Waals surface area contributed by atoms with Gasteiger partial charge < -0.3 is 15.5 Å². The highest BCUT2D eigenvalue weighted by Gasteiger charge is 2.28. The van der Waals surface area contributed by atoms with Gasteiger partial charge >= 0.3 is 6.03 Å². The first-order valence-corrected chi connectivity index (χ1v) is 12.0. The lowest BCUT2D eigenvalue weighted by Gasteiger charge is -2.34. The van der Waals surface area contributed by atoms with E-state index in [4.69, 9.17) is 0 Å². The van der Waals surface area contributed by atoms with Gasteiger partial charge in [0, 0.05) is 29.9 Å². The van der Waals surface area contributed by atoms with E-state index < -0.39 is 0 Å². The molecule has 0 spiro atoms. The summed E-state index contributed by atoms with van der Waals surface area (Å²) in [5.74, 6) is 0.0971. The maximum absolute atomic E-state index is 13.0. The van der Waals surface area contributed by atoms with Crippen LogP contribution in [-0.2, 0) is 16.8 Å². The first-order chi connectivity index (χ1) is 14.8. The van der Waals surface area contributed by atoms with E-state index in [1.807, 2.05) is 40.6 Å². The molecule has 168 valence electrons. The standard InChI is InChI=1S/C24H34N4O2S/c1-5-20(17-9-7-6-8-10-17)21(29)28-13-11-18(12-14-28)27-23(30)25-15-19-16-31-22(26-19)24(2,3)4/h6-10,16,18,20H,5,11-15H2,1-4H3,(H2,25,27,30). The summed E-state index contributed by atoms with van der Waals surface area (Å²) in [6.45, 7) is 10.2. The number of piperidine rings is 1. The molecular weight excluding hydrogens is 408 g/mol. The molecule has 3 amide bonds. The van der Waals surface area contributed by atoms with E-state index in [2.05, 4.69) is 43.3 Å². The molecule has 3 rings (SSSR count). The van der Waals surface area contributed by atoms with Crippen LogP contribution in [0.25, 0.3) is 0 Å². The molecule has 0 saturated carbocycles. The van der Waals surface area contributed by atoms with Crippen LogP contribution in [0.15, 0.2) is 35.7 Å². The molecule has 1 aliphatic rings. The second-order valence-corrected chi connectivity index (χ2v) is 10.1. The van der Waals surface area contributed by atoms with Gasteiger partial charge in [-0.15, -0.1) is 11.3 Å². The minimum absolute atomic E-state index is 0.0217. The Bertz CT molecular complexity index is 867. The summed E-state index contributed by atoms with van der Waals surface area (Å²) in [6.07, 6.45) is 2.33. The number of nitrogens with zero attached hydrogens (tertiary/aromatic N) is 2. The van der Waals surface area contributed by atoms with E-state index in [1.165, 1.54) is 0 Å². The molecule has 1 aromatic heterocycles. The fourth-order valence-electron chi connectivity index (χ4n) is 3.84. The third-order valence-corrected chi connectivity index (χ3v) is 6.99. The van der Waals surface area contributed by atoms with Gasteiger partial charge in [-0.2, -0.15) is 0 Å². The van der Waals surface area contributed by atoms with Crippen molar-refractivity contribution >= 4 is 23.3 Å². The van der Waals surface area contributed by atoms with Crippen LogP contribution in [0.1, 0.15) is 69.1 Å². The Hall–Kier alpha value is -2.41. The van der Waals surface area contributed by atoms with Crippen molar-refractivity contribution in [2.75, 3.05) is 13.1 Å². The van der Waals surface area contributed by atoms with Crippen molar-refractivity contribution in [3.63, 3.8) is 0 Å². The van der Waals surface area contributed by atoms with Crippen molar-refractivity contribution in [3.05, 3.63) is 52.0 Å². The lowest BCUT2D eigenvalue weighted by atomic mass is 9.93. The molecule has 2 N–H and O–H groups in total. The summed E-state index contributed by atoms with van der Waals surface area (Å²) in [7, 11) is 0. The summed E-state index contributed by atoms with van der Waals surface area (Å²) in [6, 6.07) is 9.90. The smallest absolute Gasteiger partial charge is 0.315 e. The Kier molecular flexibility index (Phi) is 7.70. The molecule has 0 aliphatic carbocycles. The van der Waals surface area contributed by atoms with Gasteiger partial charge in [-0.1, -0.05) is 58.0 Å². The Labute approximate surface area is 189 Å². The van der Waals surface area contributed by atoms with E-state index in [1.54, 1.807) is 11.3 Å². The van der Waals surface area contributed by atoms with E-state index >= 15 is 0 Å². The number of likely N-dealkylation sites (tertiary alicyclic amines) is 1. The largest absolute Gasteiger partial charge is 0.342 e. The molecule has 7 heteroatoms. The van der Waals surface area contributed by atoms with Gasteiger partial charge in [0.1, 0.15) is 0 Å². The van der Waals surface area contributed by atoms with Gasteiger partial charge in [0.15, 0.2) is 0 Å². The average molecular weight is 443 g/mol. The number of hydrogen-bond donors (Lipinski definition) is 2. The summed E-state index contributed by atoms with van der Waals surface area (Å²) in [5, 5.41) is 9.03. The van der Waals surface area contributed by atoms with Gasteiger partial charge in [-0.05, 0) is 24.8 Å². The van der Waals surface area contributed by atoms with Gasteiger partial charge in [-0.3, -0.25) is 4.79 Å². The highest BCUT2D eigenvalue weighted by molar-refractivity contribution is 7.09. The first kappa shape index (κ1) is 23.3. The Morgan fingerprint density at radius 2 is 1.87 bits per heavy atom. The number of aromatic nitrogens is 1. The minimum atomic E-state index is -0.175. The summed E-state index contributed by atoms with van der Waals surface area (Å²) in [4.78, 5) is 31.9. The third-order valence-electron chi connectivity index (χ3n) is 5.67. The molecule has 31 heavy (non-hydrogen) atoms. The van der Waals surface area contributed by atoms with Crippen molar-refractivity contribution < 1.29 is 9.59 Å². The Morgan fingerprint density at radius 3 is 2.45 bits per heavy atom. The number of rotatable bonds is 6. The van der Waals surface area contributed by atoms with E-state index in [9.17, 15) is 9.59 Å². The normalized spacial score (nSPS) is 16.1. The van der Waals surface area contributed by atoms with E-state index in [-0.39, 0.29) is 29.3 Å².